The number of hydrogen-bond donors (Lipinski definition) is 1. The molecule has 1 aliphatic heterocycles. The summed E-state index contributed by atoms with van der Waals surface area (Å²) in [6, 6.07) is 8.41. The normalized spacial score (nSPS) is 22.8. The number of nitrogens with zero attached hydrogens (tertiary/aromatic N) is 3. The quantitative estimate of drug-likeness (QED) is 0.942. The van der Waals surface area contributed by atoms with Gasteiger partial charge in [-0.15, -0.1) is 0 Å². The second kappa shape index (κ2) is 5.76. The van der Waals surface area contributed by atoms with Gasteiger partial charge in [0.2, 0.25) is 5.13 Å². The van der Waals surface area contributed by atoms with Crippen LogP contribution in [0.25, 0.3) is 0 Å². The van der Waals surface area contributed by atoms with Crippen LogP contribution < -0.4 is 10.2 Å². The average Bonchev–Trinajstić information content (AvgIpc) is 2.91. The van der Waals surface area contributed by atoms with Gasteiger partial charge in [0.25, 0.3) is 0 Å². The lowest BCUT2D eigenvalue weighted by Crippen LogP contribution is -2.45. The molecule has 5 nitrogen and oxygen atoms in total. The zero-order valence-electron chi connectivity index (χ0n) is 11.6. The zero-order valence-corrected chi connectivity index (χ0v) is 12.4. The molecule has 2 atom stereocenters. The highest BCUT2D eigenvalue weighted by Crippen LogP contribution is 2.24. The first-order valence-corrected chi connectivity index (χ1v) is 7.52. The van der Waals surface area contributed by atoms with E-state index in [-0.39, 0.29) is 12.2 Å². The van der Waals surface area contributed by atoms with Crippen molar-refractivity contribution in [2.75, 3.05) is 23.3 Å². The highest BCUT2D eigenvalue weighted by Gasteiger charge is 2.22. The summed E-state index contributed by atoms with van der Waals surface area (Å²) < 4.78 is 9.74. The minimum absolute atomic E-state index is 0.276. The Kier molecular flexibility index (Phi) is 3.84. The number of benzene rings is 1. The lowest BCUT2D eigenvalue weighted by molar-refractivity contribution is -0.00521. The van der Waals surface area contributed by atoms with Crippen LogP contribution in [-0.4, -0.2) is 34.7 Å². The number of aromatic nitrogens is 2. The summed E-state index contributed by atoms with van der Waals surface area (Å²) in [7, 11) is 0. The molecule has 1 aromatic carbocycles. The molecule has 0 amide bonds. The number of rotatable bonds is 3. The Morgan fingerprint density at radius 3 is 2.50 bits per heavy atom. The summed E-state index contributed by atoms with van der Waals surface area (Å²) in [4.78, 5) is 6.48. The molecule has 2 heterocycles. The fourth-order valence-corrected chi connectivity index (χ4v) is 2.95. The summed E-state index contributed by atoms with van der Waals surface area (Å²) in [6.07, 6.45) is 2.11. The monoisotopic (exact) mass is 290 g/mol. The second-order valence-electron chi connectivity index (χ2n) is 5.08. The molecule has 1 N–H and O–H groups in total. The highest BCUT2D eigenvalue weighted by atomic mass is 32.1. The zero-order chi connectivity index (χ0) is 13.9. The first-order chi connectivity index (χ1) is 9.70. The predicted molar refractivity (Wildman–Crippen MR) is 81.9 cm³/mol. The predicted octanol–water partition coefficient (Wildman–Crippen LogP) is 2.90. The van der Waals surface area contributed by atoms with E-state index in [2.05, 4.69) is 57.7 Å². The van der Waals surface area contributed by atoms with Crippen LogP contribution in [0.1, 0.15) is 13.8 Å². The molecule has 0 aliphatic carbocycles. The molecule has 106 valence electrons. The van der Waals surface area contributed by atoms with Crippen molar-refractivity contribution in [1.29, 1.82) is 0 Å². The molecule has 3 rings (SSSR count). The van der Waals surface area contributed by atoms with Gasteiger partial charge in [-0.2, -0.15) is 4.37 Å². The minimum Gasteiger partial charge on any atom is -0.372 e. The molecule has 1 aromatic heterocycles. The first-order valence-electron chi connectivity index (χ1n) is 6.75. The van der Waals surface area contributed by atoms with Crippen molar-refractivity contribution in [3.8, 4) is 0 Å². The maximum atomic E-state index is 5.76. The van der Waals surface area contributed by atoms with Gasteiger partial charge in [0, 0.05) is 36.0 Å². The summed E-state index contributed by atoms with van der Waals surface area (Å²) in [5, 5.41) is 4.04. The summed E-state index contributed by atoms with van der Waals surface area (Å²) >= 11 is 1.35. The molecule has 0 spiro atoms. The highest BCUT2D eigenvalue weighted by molar-refractivity contribution is 7.09. The number of hydrogen-bond acceptors (Lipinski definition) is 6. The molecular formula is C14H18N4OS. The van der Waals surface area contributed by atoms with Gasteiger partial charge < -0.3 is 15.0 Å². The first kappa shape index (κ1) is 13.3. The van der Waals surface area contributed by atoms with Crippen LogP contribution in [0.2, 0.25) is 0 Å². The number of morpholine rings is 1. The Bertz CT molecular complexity index is 533. The van der Waals surface area contributed by atoms with Crippen molar-refractivity contribution in [3.05, 3.63) is 30.6 Å². The van der Waals surface area contributed by atoms with Crippen LogP contribution in [-0.2, 0) is 4.74 Å². The molecule has 0 bridgehead atoms. The number of nitrogens with one attached hydrogen (secondary N) is 1. The molecule has 0 unspecified atom stereocenters. The molecule has 1 saturated heterocycles. The Morgan fingerprint density at radius 2 is 1.90 bits per heavy atom. The Balaban J connectivity index is 1.69. The number of anilines is 3. The van der Waals surface area contributed by atoms with Crippen LogP contribution in [0.3, 0.4) is 0 Å². The fraction of sp³-hybridized carbons (Fsp3) is 0.429. The van der Waals surface area contributed by atoms with Gasteiger partial charge in [-0.3, -0.25) is 0 Å². The summed E-state index contributed by atoms with van der Waals surface area (Å²) in [5.74, 6) is 0. The van der Waals surface area contributed by atoms with E-state index in [1.54, 1.807) is 6.33 Å². The lowest BCUT2D eigenvalue weighted by Gasteiger charge is -2.36. The molecule has 0 saturated carbocycles. The van der Waals surface area contributed by atoms with Crippen molar-refractivity contribution in [3.63, 3.8) is 0 Å². The van der Waals surface area contributed by atoms with Crippen molar-refractivity contribution >= 4 is 28.0 Å². The van der Waals surface area contributed by atoms with Crippen LogP contribution in [0.15, 0.2) is 30.6 Å². The maximum absolute atomic E-state index is 5.76. The third-order valence-electron chi connectivity index (χ3n) is 3.26. The van der Waals surface area contributed by atoms with Crippen molar-refractivity contribution in [1.82, 2.24) is 9.36 Å². The van der Waals surface area contributed by atoms with Crippen LogP contribution >= 0.6 is 11.5 Å². The van der Waals surface area contributed by atoms with Crippen LogP contribution in [0, 0.1) is 0 Å². The largest absolute Gasteiger partial charge is 0.372 e. The maximum Gasteiger partial charge on any atom is 0.206 e. The van der Waals surface area contributed by atoms with E-state index in [0.717, 1.165) is 23.9 Å². The van der Waals surface area contributed by atoms with Crippen LogP contribution in [0.5, 0.6) is 0 Å². The van der Waals surface area contributed by atoms with Gasteiger partial charge in [0.1, 0.15) is 6.33 Å². The molecule has 6 heteroatoms. The van der Waals surface area contributed by atoms with Gasteiger partial charge in [-0.05, 0) is 38.1 Å². The molecule has 20 heavy (non-hydrogen) atoms. The standard InChI is InChI=1S/C14H18N4OS/c1-10-7-18(8-11(2)19-10)13-5-3-12(4-6-13)17-14-15-9-16-20-14/h3-6,9-11H,7-8H2,1-2H3,(H,15,16,17)/t10-,11+. The van der Waals surface area contributed by atoms with Gasteiger partial charge in [0.05, 0.1) is 12.2 Å². The minimum atomic E-state index is 0.276. The molecular weight excluding hydrogens is 272 g/mol. The third-order valence-corrected chi connectivity index (χ3v) is 3.84. The van der Waals surface area contributed by atoms with Crippen molar-refractivity contribution in [2.45, 2.75) is 26.1 Å². The van der Waals surface area contributed by atoms with Gasteiger partial charge in [-0.1, -0.05) is 0 Å². The van der Waals surface area contributed by atoms with Gasteiger partial charge in [-0.25, -0.2) is 4.98 Å². The second-order valence-corrected chi connectivity index (χ2v) is 5.86. The van der Waals surface area contributed by atoms with Gasteiger partial charge in [0.15, 0.2) is 0 Å². The Morgan fingerprint density at radius 1 is 1.20 bits per heavy atom. The van der Waals surface area contributed by atoms with Crippen molar-refractivity contribution in [2.24, 2.45) is 0 Å². The Hall–Kier alpha value is -1.66. The molecule has 0 radical (unpaired) electrons. The summed E-state index contributed by atoms with van der Waals surface area (Å²) in [6.45, 7) is 6.11. The van der Waals surface area contributed by atoms with E-state index in [1.807, 2.05) is 0 Å². The van der Waals surface area contributed by atoms with E-state index in [0.29, 0.717) is 0 Å². The lowest BCUT2D eigenvalue weighted by atomic mass is 10.2. The van der Waals surface area contributed by atoms with Crippen molar-refractivity contribution < 1.29 is 4.74 Å². The van der Waals surface area contributed by atoms with E-state index in [9.17, 15) is 0 Å². The fourth-order valence-electron chi connectivity index (χ4n) is 2.50. The van der Waals surface area contributed by atoms with E-state index >= 15 is 0 Å². The topological polar surface area (TPSA) is 50.3 Å². The molecule has 1 fully saturated rings. The van der Waals surface area contributed by atoms with E-state index < -0.39 is 0 Å². The van der Waals surface area contributed by atoms with E-state index in [1.165, 1.54) is 17.2 Å². The Labute approximate surface area is 122 Å². The molecule has 1 aliphatic rings. The van der Waals surface area contributed by atoms with Gasteiger partial charge >= 0.3 is 0 Å². The van der Waals surface area contributed by atoms with E-state index in [4.69, 9.17) is 4.74 Å². The average molecular weight is 290 g/mol. The molecule has 2 aromatic rings. The number of ether oxygens (including phenoxy) is 1. The summed E-state index contributed by atoms with van der Waals surface area (Å²) in [5.41, 5.74) is 2.26. The smallest absolute Gasteiger partial charge is 0.206 e. The SMILES string of the molecule is C[C@@H]1CN(c2ccc(Nc3ncns3)cc2)C[C@H](C)O1. The third kappa shape index (κ3) is 3.08. The van der Waals surface area contributed by atoms with Crippen LogP contribution in [0.4, 0.5) is 16.5 Å².